The molecule has 6 nitrogen and oxygen atoms in total. The quantitative estimate of drug-likeness (QED) is 0.395. The monoisotopic (exact) mass is 484 g/mol. The molecule has 2 saturated heterocycles. The van der Waals surface area contributed by atoms with Crippen molar-refractivity contribution in [2.24, 2.45) is 11.8 Å². The fraction of sp³-hybridized carbons (Fsp3) is 0.179. The molecule has 0 spiro atoms. The van der Waals surface area contributed by atoms with Crippen molar-refractivity contribution in [3.05, 3.63) is 101 Å². The molecule has 0 radical (unpaired) electrons. The van der Waals surface area contributed by atoms with Gasteiger partial charge in [-0.25, -0.2) is 4.90 Å². The van der Waals surface area contributed by atoms with Crippen LogP contribution in [0.5, 0.6) is 5.75 Å². The third kappa shape index (κ3) is 3.13. The van der Waals surface area contributed by atoms with Gasteiger partial charge in [-0.1, -0.05) is 66.2 Å². The van der Waals surface area contributed by atoms with Crippen molar-refractivity contribution in [1.82, 2.24) is 4.90 Å². The van der Waals surface area contributed by atoms with E-state index in [1.807, 2.05) is 47.5 Å². The number of carbonyl (C=O) groups excluding carboxylic acids is 3. The summed E-state index contributed by atoms with van der Waals surface area (Å²) in [5.41, 5.74) is 2.69. The Morgan fingerprint density at radius 3 is 2.40 bits per heavy atom. The Morgan fingerprint density at radius 1 is 0.914 bits per heavy atom. The summed E-state index contributed by atoms with van der Waals surface area (Å²) in [6, 6.07) is 20.3. The molecule has 0 aromatic heterocycles. The molecule has 4 atom stereocenters. The van der Waals surface area contributed by atoms with Crippen molar-refractivity contribution in [1.29, 1.82) is 0 Å². The molecule has 3 aliphatic heterocycles. The maximum Gasteiger partial charge on any atom is 0.240 e. The first-order valence-electron chi connectivity index (χ1n) is 11.4. The van der Waals surface area contributed by atoms with E-state index in [2.05, 4.69) is 0 Å². The van der Waals surface area contributed by atoms with Crippen molar-refractivity contribution in [3.63, 3.8) is 0 Å². The van der Waals surface area contributed by atoms with Gasteiger partial charge in [0.1, 0.15) is 11.8 Å². The van der Waals surface area contributed by atoms with E-state index in [1.54, 1.807) is 42.5 Å². The summed E-state index contributed by atoms with van der Waals surface area (Å²) in [6.07, 6.45) is 3.78. The third-order valence-electron chi connectivity index (χ3n) is 7.17. The van der Waals surface area contributed by atoms with Gasteiger partial charge in [-0.3, -0.25) is 14.4 Å². The highest BCUT2D eigenvalue weighted by Gasteiger charge is 2.64. The normalized spacial score (nSPS) is 24.3. The zero-order valence-electron chi connectivity index (χ0n) is 18.8. The zero-order valence-corrected chi connectivity index (χ0v) is 19.6. The molecular formula is C28H21ClN2O4. The number of rotatable bonds is 4. The minimum Gasteiger partial charge on any atom is -0.495 e. The minimum absolute atomic E-state index is 0.187. The Kier molecular flexibility index (Phi) is 5.00. The second-order valence-electron chi connectivity index (χ2n) is 8.89. The molecule has 4 unspecified atom stereocenters. The Balaban J connectivity index is 1.52. The first kappa shape index (κ1) is 21.6. The molecule has 3 aromatic rings. The van der Waals surface area contributed by atoms with Crippen molar-refractivity contribution in [3.8, 4) is 5.75 Å². The van der Waals surface area contributed by atoms with E-state index >= 15 is 0 Å². The number of methoxy groups -OCH3 is 1. The summed E-state index contributed by atoms with van der Waals surface area (Å²) in [6.45, 7) is 0. The summed E-state index contributed by atoms with van der Waals surface area (Å²) in [4.78, 5) is 44.9. The van der Waals surface area contributed by atoms with Gasteiger partial charge in [0.05, 0.1) is 30.7 Å². The molecule has 2 amide bonds. The summed E-state index contributed by atoms with van der Waals surface area (Å²) < 4.78 is 5.44. The Morgan fingerprint density at radius 2 is 1.63 bits per heavy atom. The SMILES string of the molecule is COc1ccc(Cl)cc1N1C(=O)C2C(C1=O)C1c3ccccc3C=CN1C2C(=O)c1ccccc1. The van der Waals surface area contributed by atoms with Crippen LogP contribution in [0.3, 0.4) is 0 Å². The molecule has 35 heavy (non-hydrogen) atoms. The van der Waals surface area contributed by atoms with Crippen LogP contribution in [-0.2, 0) is 9.59 Å². The van der Waals surface area contributed by atoms with Crippen LogP contribution in [0.1, 0.15) is 27.5 Å². The highest BCUT2D eigenvalue weighted by atomic mass is 35.5. The van der Waals surface area contributed by atoms with Crippen molar-refractivity contribution >= 4 is 41.0 Å². The summed E-state index contributed by atoms with van der Waals surface area (Å²) >= 11 is 6.23. The number of hydrogen-bond donors (Lipinski definition) is 0. The lowest BCUT2D eigenvalue weighted by Crippen LogP contribution is -2.44. The lowest BCUT2D eigenvalue weighted by Gasteiger charge is -2.35. The second-order valence-corrected chi connectivity index (χ2v) is 9.33. The minimum atomic E-state index is -0.848. The van der Waals surface area contributed by atoms with Crippen molar-refractivity contribution in [2.75, 3.05) is 12.0 Å². The molecule has 0 aliphatic carbocycles. The molecule has 3 aromatic carbocycles. The van der Waals surface area contributed by atoms with Crippen molar-refractivity contribution in [2.45, 2.75) is 12.1 Å². The largest absolute Gasteiger partial charge is 0.495 e. The topological polar surface area (TPSA) is 66.9 Å². The molecule has 3 heterocycles. The van der Waals surface area contributed by atoms with Crippen molar-refractivity contribution < 1.29 is 19.1 Å². The number of ether oxygens (including phenoxy) is 1. The summed E-state index contributed by atoms with van der Waals surface area (Å²) in [5, 5.41) is 0.378. The first-order valence-corrected chi connectivity index (χ1v) is 11.7. The van der Waals surface area contributed by atoms with Crippen LogP contribution in [0.15, 0.2) is 79.0 Å². The number of hydrogen-bond acceptors (Lipinski definition) is 5. The van der Waals surface area contributed by atoms with E-state index in [0.29, 0.717) is 22.0 Å². The van der Waals surface area contributed by atoms with E-state index in [0.717, 1.165) is 16.0 Å². The molecule has 0 bridgehead atoms. The Hall–Kier alpha value is -3.90. The van der Waals surface area contributed by atoms with Crippen LogP contribution in [0.2, 0.25) is 5.02 Å². The number of halogens is 1. The van der Waals surface area contributed by atoms with E-state index in [1.165, 1.54) is 7.11 Å². The van der Waals surface area contributed by atoms with Crippen LogP contribution >= 0.6 is 11.6 Å². The van der Waals surface area contributed by atoms with Crippen LogP contribution in [0.25, 0.3) is 6.08 Å². The predicted octanol–water partition coefficient (Wildman–Crippen LogP) is 4.75. The number of Topliss-reactive ketones (excluding diaryl/α,β-unsaturated/α-hetero) is 1. The van der Waals surface area contributed by atoms with Gasteiger partial charge in [0, 0.05) is 16.8 Å². The first-order chi connectivity index (χ1) is 17.0. The van der Waals surface area contributed by atoms with Gasteiger partial charge >= 0.3 is 0 Å². The van der Waals surface area contributed by atoms with Gasteiger partial charge in [-0.05, 0) is 35.4 Å². The number of carbonyl (C=O) groups is 3. The number of fused-ring (bicyclic) bond motifs is 5. The maximum absolute atomic E-state index is 14.0. The van der Waals surface area contributed by atoms with Crippen LogP contribution < -0.4 is 9.64 Å². The Bertz CT molecular complexity index is 1400. The highest BCUT2D eigenvalue weighted by molar-refractivity contribution is 6.32. The number of nitrogens with zero attached hydrogens (tertiary/aromatic N) is 2. The van der Waals surface area contributed by atoms with E-state index in [-0.39, 0.29) is 11.7 Å². The van der Waals surface area contributed by atoms with Crippen LogP contribution in [-0.4, -0.2) is 35.6 Å². The van der Waals surface area contributed by atoms with Crippen LogP contribution in [0, 0.1) is 11.8 Å². The maximum atomic E-state index is 14.0. The smallest absolute Gasteiger partial charge is 0.240 e. The Labute approximate surface area is 207 Å². The summed E-state index contributed by atoms with van der Waals surface area (Å²) in [7, 11) is 1.48. The predicted molar refractivity (Wildman–Crippen MR) is 132 cm³/mol. The van der Waals surface area contributed by atoms with E-state index in [9.17, 15) is 14.4 Å². The van der Waals surface area contributed by atoms with Gasteiger partial charge in [-0.2, -0.15) is 0 Å². The molecule has 0 saturated carbocycles. The number of imide groups is 1. The molecule has 6 rings (SSSR count). The second kappa shape index (κ2) is 8.10. The van der Waals surface area contributed by atoms with Gasteiger partial charge in [0.2, 0.25) is 11.8 Å². The standard InChI is InChI=1S/C28H21ClN2O4/c1-35-21-12-11-18(29)15-20(21)31-27(33)22-23(28(31)34)25(26(32)17-8-3-2-4-9-17)30-14-13-16-7-5-6-10-19(16)24(22)30/h2-15,22-25H,1H3. The van der Waals surface area contributed by atoms with E-state index < -0.39 is 29.8 Å². The van der Waals surface area contributed by atoms with Gasteiger partial charge in [0.15, 0.2) is 5.78 Å². The third-order valence-corrected chi connectivity index (χ3v) is 7.41. The summed E-state index contributed by atoms with van der Waals surface area (Å²) in [5.74, 6) is -2.18. The lowest BCUT2D eigenvalue weighted by atomic mass is 9.83. The number of anilines is 1. The fourth-order valence-corrected chi connectivity index (χ4v) is 5.87. The van der Waals surface area contributed by atoms with Gasteiger partial charge in [0.25, 0.3) is 0 Å². The molecule has 3 aliphatic rings. The molecule has 174 valence electrons. The number of benzene rings is 3. The van der Waals surface area contributed by atoms with Gasteiger partial charge in [-0.15, -0.1) is 0 Å². The average Bonchev–Trinajstić information content (AvgIpc) is 3.36. The van der Waals surface area contributed by atoms with Gasteiger partial charge < -0.3 is 9.64 Å². The zero-order chi connectivity index (χ0) is 24.3. The molecule has 7 heteroatoms. The molecule has 2 fully saturated rings. The number of ketones is 1. The highest BCUT2D eigenvalue weighted by Crippen LogP contribution is 2.54. The molecular weight excluding hydrogens is 464 g/mol. The lowest BCUT2D eigenvalue weighted by molar-refractivity contribution is -0.123. The fourth-order valence-electron chi connectivity index (χ4n) is 5.71. The average molecular weight is 485 g/mol. The van der Waals surface area contributed by atoms with Crippen LogP contribution in [0.4, 0.5) is 5.69 Å². The molecule has 0 N–H and O–H groups in total. The van der Waals surface area contributed by atoms with E-state index in [4.69, 9.17) is 16.3 Å². The number of amides is 2.